The Balaban J connectivity index is 2.05. The Morgan fingerprint density at radius 2 is 2.00 bits per heavy atom. The zero-order valence-electron chi connectivity index (χ0n) is 11.6. The van der Waals surface area contributed by atoms with Gasteiger partial charge in [-0.1, -0.05) is 6.92 Å². The lowest BCUT2D eigenvalue weighted by Crippen LogP contribution is -2.45. The molecule has 1 fully saturated rings. The van der Waals surface area contributed by atoms with E-state index in [1.54, 1.807) is 0 Å². The smallest absolute Gasteiger partial charge is 0.138 e. The van der Waals surface area contributed by atoms with Crippen LogP contribution in [0.15, 0.2) is 24.5 Å². The summed E-state index contributed by atoms with van der Waals surface area (Å²) in [6.45, 7) is 6.43. The van der Waals surface area contributed by atoms with Crippen LogP contribution in [0.25, 0.3) is 10.8 Å². The van der Waals surface area contributed by atoms with Crippen LogP contribution in [0, 0.1) is 0 Å². The standard InChI is InChI=1S/C15H20N4/c1-3-13-10-12-4-5-16-11-14(12)15(17-13)19-8-6-18(2)7-9-19/h4-5,10-11H,3,6-9H2,1-2H3. The summed E-state index contributed by atoms with van der Waals surface area (Å²) in [6, 6.07) is 4.26. The van der Waals surface area contributed by atoms with Crippen molar-refractivity contribution >= 4 is 16.6 Å². The van der Waals surface area contributed by atoms with E-state index in [2.05, 4.69) is 40.9 Å². The molecule has 3 rings (SSSR count). The molecule has 4 nitrogen and oxygen atoms in total. The van der Waals surface area contributed by atoms with E-state index in [-0.39, 0.29) is 0 Å². The van der Waals surface area contributed by atoms with Crippen LogP contribution in [-0.4, -0.2) is 48.1 Å². The molecule has 1 aliphatic rings. The number of pyridine rings is 2. The van der Waals surface area contributed by atoms with Gasteiger partial charge in [0.2, 0.25) is 0 Å². The first kappa shape index (κ1) is 12.4. The SMILES string of the molecule is CCc1cc2ccncc2c(N2CCN(C)CC2)n1. The number of anilines is 1. The van der Waals surface area contributed by atoms with E-state index in [0.717, 1.165) is 44.1 Å². The van der Waals surface area contributed by atoms with Crippen molar-refractivity contribution in [3.8, 4) is 0 Å². The highest BCUT2D eigenvalue weighted by Gasteiger charge is 2.18. The summed E-state index contributed by atoms with van der Waals surface area (Å²) in [7, 11) is 2.17. The minimum atomic E-state index is 0.971. The molecule has 0 N–H and O–H groups in total. The molecule has 0 spiro atoms. The van der Waals surface area contributed by atoms with E-state index in [0.29, 0.717) is 0 Å². The Hall–Kier alpha value is -1.68. The number of aromatic nitrogens is 2. The lowest BCUT2D eigenvalue weighted by atomic mass is 10.1. The Morgan fingerprint density at radius 1 is 1.21 bits per heavy atom. The van der Waals surface area contributed by atoms with Crippen molar-refractivity contribution in [3.05, 3.63) is 30.2 Å². The van der Waals surface area contributed by atoms with Gasteiger partial charge in [-0.2, -0.15) is 0 Å². The number of piperazine rings is 1. The number of likely N-dealkylation sites (N-methyl/N-ethyl adjacent to an activating group) is 1. The predicted octanol–water partition coefficient (Wildman–Crippen LogP) is 1.94. The van der Waals surface area contributed by atoms with Crippen molar-refractivity contribution in [2.45, 2.75) is 13.3 Å². The normalized spacial score (nSPS) is 17.1. The van der Waals surface area contributed by atoms with Crippen molar-refractivity contribution in [2.75, 3.05) is 38.1 Å². The number of hydrogen-bond acceptors (Lipinski definition) is 4. The third-order valence-corrected chi connectivity index (χ3v) is 3.83. The summed E-state index contributed by atoms with van der Waals surface area (Å²) in [6.07, 6.45) is 4.77. The van der Waals surface area contributed by atoms with Crippen LogP contribution in [-0.2, 0) is 6.42 Å². The zero-order valence-corrected chi connectivity index (χ0v) is 11.6. The highest BCUT2D eigenvalue weighted by atomic mass is 15.3. The molecule has 1 saturated heterocycles. The fourth-order valence-corrected chi connectivity index (χ4v) is 2.57. The zero-order chi connectivity index (χ0) is 13.2. The first-order valence-corrected chi connectivity index (χ1v) is 6.95. The van der Waals surface area contributed by atoms with E-state index in [9.17, 15) is 0 Å². The van der Waals surface area contributed by atoms with Crippen LogP contribution >= 0.6 is 0 Å². The lowest BCUT2D eigenvalue weighted by molar-refractivity contribution is 0.312. The van der Waals surface area contributed by atoms with Gasteiger partial charge < -0.3 is 9.80 Å². The van der Waals surface area contributed by atoms with Crippen LogP contribution in [0.4, 0.5) is 5.82 Å². The summed E-state index contributed by atoms with van der Waals surface area (Å²) < 4.78 is 0. The molecule has 0 bridgehead atoms. The van der Waals surface area contributed by atoms with E-state index in [1.807, 2.05) is 12.4 Å². The maximum absolute atomic E-state index is 4.84. The Labute approximate surface area is 114 Å². The number of hydrogen-bond donors (Lipinski definition) is 0. The van der Waals surface area contributed by atoms with Crippen LogP contribution in [0.1, 0.15) is 12.6 Å². The highest BCUT2D eigenvalue weighted by Crippen LogP contribution is 2.26. The van der Waals surface area contributed by atoms with Crippen molar-refractivity contribution in [1.82, 2.24) is 14.9 Å². The third-order valence-electron chi connectivity index (χ3n) is 3.83. The first-order valence-electron chi connectivity index (χ1n) is 6.95. The van der Waals surface area contributed by atoms with Gasteiger partial charge in [0.05, 0.1) is 0 Å². The van der Waals surface area contributed by atoms with Gasteiger partial charge in [0.25, 0.3) is 0 Å². The molecule has 0 unspecified atom stereocenters. The number of fused-ring (bicyclic) bond motifs is 1. The summed E-state index contributed by atoms with van der Waals surface area (Å²) in [4.78, 5) is 13.9. The molecule has 2 aromatic heterocycles. The molecule has 4 heteroatoms. The number of rotatable bonds is 2. The molecular weight excluding hydrogens is 236 g/mol. The van der Waals surface area contributed by atoms with Crippen LogP contribution < -0.4 is 4.90 Å². The average Bonchev–Trinajstić information content (AvgIpc) is 2.47. The lowest BCUT2D eigenvalue weighted by Gasteiger charge is -2.34. The quantitative estimate of drug-likeness (QED) is 0.822. The molecule has 0 amide bonds. The van der Waals surface area contributed by atoms with Gasteiger partial charge in [-0.15, -0.1) is 0 Å². The van der Waals surface area contributed by atoms with E-state index < -0.39 is 0 Å². The fraction of sp³-hybridized carbons (Fsp3) is 0.467. The van der Waals surface area contributed by atoms with Crippen molar-refractivity contribution in [3.63, 3.8) is 0 Å². The highest BCUT2D eigenvalue weighted by molar-refractivity contribution is 5.91. The molecule has 2 aromatic rings. The van der Waals surface area contributed by atoms with Gasteiger partial charge in [-0.25, -0.2) is 4.98 Å². The van der Waals surface area contributed by atoms with Gasteiger partial charge in [0, 0.05) is 49.7 Å². The maximum atomic E-state index is 4.84. The number of aryl methyl sites for hydroxylation is 1. The maximum Gasteiger partial charge on any atom is 0.138 e. The molecule has 0 aliphatic carbocycles. The van der Waals surface area contributed by atoms with Crippen LogP contribution in [0.3, 0.4) is 0 Å². The second-order valence-corrected chi connectivity index (χ2v) is 5.18. The minimum Gasteiger partial charge on any atom is -0.353 e. The molecule has 100 valence electrons. The van der Waals surface area contributed by atoms with Crippen molar-refractivity contribution in [1.29, 1.82) is 0 Å². The summed E-state index contributed by atoms with van der Waals surface area (Å²) >= 11 is 0. The van der Waals surface area contributed by atoms with Crippen LogP contribution in [0.2, 0.25) is 0 Å². The summed E-state index contributed by atoms with van der Waals surface area (Å²) in [5, 5.41) is 2.42. The summed E-state index contributed by atoms with van der Waals surface area (Å²) in [5.74, 6) is 1.11. The van der Waals surface area contributed by atoms with Gasteiger partial charge in [0.15, 0.2) is 0 Å². The predicted molar refractivity (Wildman–Crippen MR) is 78.6 cm³/mol. The first-order chi connectivity index (χ1) is 9.28. The molecule has 0 radical (unpaired) electrons. The Kier molecular flexibility index (Phi) is 3.34. The topological polar surface area (TPSA) is 32.3 Å². The molecule has 0 aromatic carbocycles. The second-order valence-electron chi connectivity index (χ2n) is 5.18. The van der Waals surface area contributed by atoms with Gasteiger partial charge in [-0.05, 0) is 31.0 Å². The van der Waals surface area contributed by atoms with Crippen molar-refractivity contribution < 1.29 is 0 Å². The molecule has 0 atom stereocenters. The third kappa shape index (κ3) is 2.40. The molecule has 3 heterocycles. The Bertz CT molecular complexity index is 573. The Morgan fingerprint density at radius 3 is 2.74 bits per heavy atom. The van der Waals surface area contributed by atoms with Gasteiger partial charge in [-0.3, -0.25) is 4.98 Å². The molecule has 0 saturated carbocycles. The van der Waals surface area contributed by atoms with E-state index in [4.69, 9.17) is 4.98 Å². The van der Waals surface area contributed by atoms with Crippen molar-refractivity contribution in [2.24, 2.45) is 0 Å². The number of nitrogens with zero attached hydrogens (tertiary/aromatic N) is 4. The van der Waals surface area contributed by atoms with Crippen LogP contribution in [0.5, 0.6) is 0 Å². The summed E-state index contributed by atoms with van der Waals surface area (Å²) in [5.41, 5.74) is 1.16. The fourth-order valence-electron chi connectivity index (χ4n) is 2.57. The van der Waals surface area contributed by atoms with Gasteiger partial charge >= 0.3 is 0 Å². The molecule has 19 heavy (non-hydrogen) atoms. The molecule has 1 aliphatic heterocycles. The minimum absolute atomic E-state index is 0.971. The largest absolute Gasteiger partial charge is 0.353 e. The average molecular weight is 256 g/mol. The monoisotopic (exact) mass is 256 g/mol. The van der Waals surface area contributed by atoms with Gasteiger partial charge in [0.1, 0.15) is 5.82 Å². The van der Waals surface area contributed by atoms with E-state index in [1.165, 1.54) is 10.8 Å². The van der Waals surface area contributed by atoms with E-state index >= 15 is 0 Å². The second kappa shape index (κ2) is 5.13. The molecular formula is C15H20N4.